The van der Waals surface area contributed by atoms with Crippen LogP contribution in [-0.4, -0.2) is 31.1 Å². The van der Waals surface area contributed by atoms with E-state index in [0.717, 1.165) is 5.56 Å². The fourth-order valence-electron chi connectivity index (χ4n) is 2.82. The van der Waals surface area contributed by atoms with Gasteiger partial charge in [-0.15, -0.1) is 0 Å². The minimum atomic E-state index is -4.35. The third-order valence-electron chi connectivity index (χ3n) is 3.88. The van der Waals surface area contributed by atoms with E-state index < -0.39 is 34.2 Å². The Labute approximate surface area is 123 Å². The molecule has 1 aromatic carbocycles. The molecule has 7 heteroatoms. The van der Waals surface area contributed by atoms with Gasteiger partial charge in [0.05, 0.1) is 4.90 Å². The van der Waals surface area contributed by atoms with E-state index >= 15 is 0 Å². The maximum absolute atomic E-state index is 13.8. The zero-order valence-corrected chi connectivity index (χ0v) is 12.7. The highest BCUT2D eigenvalue weighted by molar-refractivity contribution is 7.85. The standard InChI is InChI=1S/C14H18FNO4S/c1-3-10-11(16-14(17)13(10)15)7-9-6-8(2)4-5-12(9)21(18,19)20/h4-6,10-11,13H,3,7H2,1-2H3,(H,16,17)(H,18,19,20)/t10-,11-,13-/m0/s1. The minimum absolute atomic E-state index is 0.168. The first-order valence-electron chi connectivity index (χ1n) is 6.75. The fourth-order valence-corrected chi connectivity index (χ4v) is 3.53. The number of rotatable bonds is 4. The Morgan fingerprint density at radius 1 is 1.38 bits per heavy atom. The largest absolute Gasteiger partial charge is 0.350 e. The van der Waals surface area contributed by atoms with Gasteiger partial charge in [0.1, 0.15) is 0 Å². The van der Waals surface area contributed by atoms with E-state index in [-0.39, 0.29) is 11.3 Å². The summed E-state index contributed by atoms with van der Waals surface area (Å²) in [5.41, 5.74) is 1.21. The molecular weight excluding hydrogens is 297 g/mol. The number of halogens is 1. The van der Waals surface area contributed by atoms with Crippen LogP contribution >= 0.6 is 0 Å². The van der Waals surface area contributed by atoms with Crippen molar-refractivity contribution in [2.75, 3.05) is 0 Å². The van der Waals surface area contributed by atoms with Crippen molar-refractivity contribution in [2.24, 2.45) is 5.92 Å². The van der Waals surface area contributed by atoms with E-state index in [1.807, 2.05) is 0 Å². The molecule has 0 aromatic heterocycles. The lowest BCUT2D eigenvalue weighted by Crippen LogP contribution is -2.31. The summed E-state index contributed by atoms with van der Waals surface area (Å²) in [6.45, 7) is 3.57. The molecule has 2 N–H and O–H groups in total. The van der Waals surface area contributed by atoms with E-state index in [9.17, 15) is 22.2 Å². The molecule has 1 aromatic rings. The fraction of sp³-hybridized carbons (Fsp3) is 0.500. The molecule has 0 aliphatic carbocycles. The second-order valence-corrected chi connectivity index (χ2v) is 6.77. The third kappa shape index (κ3) is 3.24. The number of hydrogen-bond acceptors (Lipinski definition) is 3. The number of aryl methyl sites for hydroxylation is 1. The van der Waals surface area contributed by atoms with Crippen LogP contribution in [0.3, 0.4) is 0 Å². The molecule has 5 nitrogen and oxygen atoms in total. The molecule has 1 aliphatic rings. The molecule has 0 bridgehead atoms. The second-order valence-electron chi connectivity index (χ2n) is 5.38. The van der Waals surface area contributed by atoms with Gasteiger partial charge in [-0.05, 0) is 31.4 Å². The molecular formula is C14H18FNO4S. The van der Waals surface area contributed by atoms with Crippen LogP contribution in [0.4, 0.5) is 4.39 Å². The molecule has 1 amide bonds. The lowest BCUT2D eigenvalue weighted by atomic mass is 9.91. The number of alkyl halides is 1. The Morgan fingerprint density at radius 3 is 2.62 bits per heavy atom. The van der Waals surface area contributed by atoms with E-state index in [1.165, 1.54) is 6.07 Å². The maximum atomic E-state index is 13.8. The maximum Gasteiger partial charge on any atom is 0.294 e. The van der Waals surface area contributed by atoms with Crippen LogP contribution < -0.4 is 5.32 Å². The molecule has 0 spiro atoms. The summed E-state index contributed by atoms with van der Waals surface area (Å²) in [6.07, 6.45) is -0.932. The quantitative estimate of drug-likeness (QED) is 0.828. The van der Waals surface area contributed by atoms with Crippen molar-refractivity contribution in [3.8, 4) is 0 Å². The summed E-state index contributed by atoms with van der Waals surface area (Å²) < 4.78 is 45.9. The summed E-state index contributed by atoms with van der Waals surface area (Å²) in [5.74, 6) is -1.15. The van der Waals surface area contributed by atoms with E-state index in [4.69, 9.17) is 0 Å². The number of carbonyl (C=O) groups is 1. The van der Waals surface area contributed by atoms with Gasteiger partial charge in [0.2, 0.25) is 0 Å². The van der Waals surface area contributed by atoms with Crippen molar-refractivity contribution in [1.82, 2.24) is 5.32 Å². The summed E-state index contributed by atoms with van der Waals surface area (Å²) >= 11 is 0. The van der Waals surface area contributed by atoms with Gasteiger partial charge in [0.25, 0.3) is 16.0 Å². The van der Waals surface area contributed by atoms with Gasteiger partial charge in [-0.2, -0.15) is 8.42 Å². The van der Waals surface area contributed by atoms with Crippen molar-refractivity contribution in [1.29, 1.82) is 0 Å². The van der Waals surface area contributed by atoms with Crippen LogP contribution in [0.5, 0.6) is 0 Å². The molecule has 1 saturated heterocycles. The zero-order chi connectivity index (χ0) is 15.8. The van der Waals surface area contributed by atoms with Crippen molar-refractivity contribution >= 4 is 16.0 Å². The molecule has 3 atom stereocenters. The molecule has 1 fully saturated rings. The highest BCUT2D eigenvalue weighted by Gasteiger charge is 2.41. The van der Waals surface area contributed by atoms with E-state index in [1.54, 1.807) is 26.0 Å². The normalized spacial score (nSPS) is 25.9. The van der Waals surface area contributed by atoms with E-state index in [2.05, 4.69) is 5.32 Å². The van der Waals surface area contributed by atoms with Gasteiger partial charge in [-0.3, -0.25) is 9.35 Å². The number of nitrogens with one attached hydrogen (secondary N) is 1. The SMILES string of the molecule is CC[C@H]1[C@H](Cc2cc(C)ccc2S(=O)(=O)O)NC(=O)[C@H]1F. The Bertz CT molecular complexity index is 659. The van der Waals surface area contributed by atoms with Crippen LogP contribution in [0.1, 0.15) is 24.5 Å². The van der Waals surface area contributed by atoms with Gasteiger partial charge in [-0.1, -0.05) is 24.6 Å². The molecule has 2 rings (SSSR count). The molecule has 1 heterocycles. The topological polar surface area (TPSA) is 83.5 Å². The Kier molecular flexibility index (Phi) is 4.34. The predicted octanol–water partition coefficient (Wildman–Crippen LogP) is 1.65. The van der Waals surface area contributed by atoms with Crippen LogP contribution in [0, 0.1) is 12.8 Å². The van der Waals surface area contributed by atoms with Crippen LogP contribution in [0.25, 0.3) is 0 Å². The third-order valence-corrected chi connectivity index (χ3v) is 4.83. The van der Waals surface area contributed by atoms with Crippen molar-refractivity contribution < 1.29 is 22.2 Å². The summed E-state index contributed by atoms with van der Waals surface area (Å²) in [7, 11) is -4.35. The minimum Gasteiger partial charge on any atom is -0.350 e. The molecule has 116 valence electrons. The first-order valence-corrected chi connectivity index (χ1v) is 8.19. The van der Waals surface area contributed by atoms with Gasteiger partial charge in [0.15, 0.2) is 6.17 Å². The Hall–Kier alpha value is -1.47. The van der Waals surface area contributed by atoms with Crippen molar-refractivity contribution in [2.45, 2.75) is 43.8 Å². The monoisotopic (exact) mass is 315 g/mol. The number of amides is 1. The molecule has 0 radical (unpaired) electrons. The second kappa shape index (κ2) is 5.73. The highest BCUT2D eigenvalue weighted by atomic mass is 32.2. The van der Waals surface area contributed by atoms with Gasteiger partial charge in [-0.25, -0.2) is 4.39 Å². The van der Waals surface area contributed by atoms with Gasteiger partial charge >= 0.3 is 0 Å². The van der Waals surface area contributed by atoms with Crippen LogP contribution in [0.2, 0.25) is 0 Å². The average Bonchev–Trinajstić information content (AvgIpc) is 2.63. The summed E-state index contributed by atoms with van der Waals surface area (Å²) in [6, 6.07) is 4.06. The Morgan fingerprint density at radius 2 is 2.05 bits per heavy atom. The number of carbonyl (C=O) groups excluding carboxylic acids is 1. The lowest BCUT2D eigenvalue weighted by Gasteiger charge is -2.19. The average molecular weight is 315 g/mol. The Balaban J connectivity index is 2.36. The summed E-state index contributed by atoms with van der Waals surface area (Å²) in [5, 5.41) is 2.56. The van der Waals surface area contributed by atoms with Crippen molar-refractivity contribution in [3.63, 3.8) is 0 Å². The lowest BCUT2D eigenvalue weighted by molar-refractivity contribution is -0.123. The first-order chi connectivity index (χ1) is 9.74. The predicted molar refractivity (Wildman–Crippen MR) is 75.3 cm³/mol. The smallest absolute Gasteiger partial charge is 0.294 e. The van der Waals surface area contributed by atoms with Crippen molar-refractivity contribution in [3.05, 3.63) is 29.3 Å². The number of hydrogen-bond donors (Lipinski definition) is 2. The van der Waals surface area contributed by atoms with Crippen LogP contribution in [-0.2, 0) is 21.3 Å². The molecule has 1 aliphatic heterocycles. The van der Waals surface area contributed by atoms with Crippen LogP contribution in [0.15, 0.2) is 23.1 Å². The van der Waals surface area contributed by atoms with Gasteiger partial charge in [0, 0.05) is 12.0 Å². The highest BCUT2D eigenvalue weighted by Crippen LogP contribution is 2.28. The zero-order valence-electron chi connectivity index (χ0n) is 11.8. The summed E-state index contributed by atoms with van der Waals surface area (Å²) in [4.78, 5) is 11.2. The molecule has 0 saturated carbocycles. The number of benzene rings is 1. The van der Waals surface area contributed by atoms with E-state index in [0.29, 0.717) is 12.0 Å². The molecule has 21 heavy (non-hydrogen) atoms. The molecule has 0 unspecified atom stereocenters. The first kappa shape index (κ1) is 15.9. The van der Waals surface area contributed by atoms with Gasteiger partial charge < -0.3 is 5.32 Å².